The minimum absolute atomic E-state index is 0.0550. The summed E-state index contributed by atoms with van der Waals surface area (Å²) >= 11 is 0. The minimum Gasteiger partial charge on any atom is -0.339 e. The minimum atomic E-state index is 0.0550. The van der Waals surface area contributed by atoms with Crippen LogP contribution in [0.5, 0.6) is 0 Å². The standard InChI is InChI=1S/C17H25N3O/c1-16(2,3)14-5-4-13(11-18-14)10-15(21)20-9-8-19-17(12-20)6-7-17/h4-5,11,19H,6-10,12H2,1-3H3. The zero-order chi connectivity index (χ0) is 15.1. The number of carbonyl (C=O) groups is 1. The van der Waals surface area contributed by atoms with E-state index in [2.05, 4.69) is 31.1 Å². The summed E-state index contributed by atoms with van der Waals surface area (Å²) in [4.78, 5) is 19.0. The molecule has 0 aromatic carbocycles. The van der Waals surface area contributed by atoms with Gasteiger partial charge in [0.15, 0.2) is 0 Å². The van der Waals surface area contributed by atoms with Crippen LogP contribution in [0.1, 0.15) is 44.9 Å². The maximum Gasteiger partial charge on any atom is 0.227 e. The fraction of sp³-hybridized carbons (Fsp3) is 0.647. The van der Waals surface area contributed by atoms with Crippen molar-refractivity contribution in [1.82, 2.24) is 15.2 Å². The largest absolute Gasteiger partial charge is 0.339 e. The number of amides is 1. The first-order valence-electron chi connectivity index (χ1n) is 7.86. The van der Waals surface area contributed by atoms with Crippen LogP contribution in [-0.2, 0) is 16.6 Å². The lowest BCUT2D eigenvalue weighted by molar-refractivity contribution is -0.131. The van der Waals surface area contributed by atoms with E-state index < -0.39 is 0 Å². The van der Waals surface area contributed by atoms with Crippen molar-refractivity contribution in [2.45, 2.75) is 51.0 Å². The smallest absolute Gasteiger partial charge is 0.227 e. The first-order chi connectivity index (χ1) is 9.88. The number of hydrogen-bond donors (Lipinski definition) is 1. The van der Waals surface area contributed by atoms with Crippen LogP contribution < -0.4 is 5.32 Å². The third-order valence-electron chi connectivity index (χ3n) is 4.53. The van der Waals surface area contributed by atoms with Crippen molar-refractivity contribution in [1.29, 1.82) is 0 Å². The van der Waals surface area contributed by atoms with Crippen molar-refractivity contribution in [3.8, 4) is 0 Å². The number of hydrogen-bond acceptors (Lipinski definition) is 3. The number of rotatable bonds is 2. The third kappa shape index (κ3) is 3.26. The van der Waals surface area contributed by atoms with Gasteiger partial charge < -0.3 is 10.2 Å². The number of nitrogens with one attached hydrogen (secondary N) is 1. The highest BCUT2D eigenvalue weighted by Crippen LogP contribution is 2.37. The molecule has 4 heteroatoms. The summed E-state index contributed by atoms with van der Waals surface area (Å²) in [6.45, 7) is 9.07. The van der Waals surface area contributed by atoms with E-state index in [0.717, 1.165) is 30.9 Å². The van der Waals surface area contributed by atoms with E-state index in [1.165, 1.54) is 12.8 Å². The highest BCUT2D eigenvalue weighted by Gasteiger charge is 2.46. The molecule has 21 heavy (non-hydrogen) atoms. The molecule has 1 spiro atoms. The Balaban J connectivity index is 1.62. The molecular weight excluding hydrogens is 262 g/mol. The van der Waals surface area contributed by atoms with Gasteiger partial charge in [-0.2, -0.15) is 0 Å². The van der Waals surface area contributed by atoms with E-state index in [9.17, 15) is 4.79 Å². The number of carbonyl (C=O) groups excluding carboxylic acids is 1. The van der Waals surface area contributed by atoms with Crippen molar-refractivity contribution in [3.63, 3.8) is 0 Å². The van der Waals surface area contributed by atoms with E-state index in [1.807, 2.05) is 23.2 Å². The van der Waals surface area contributed by atoms with Crippen molar-refractivity contribution < 1.29 is 4.79 Å². The van der Waals surface area contributed by atoms with Gasteiger partial charge in [0.1, 0.15) is 0 Å². The molecule has 0 atom stereocenters. The average Bonchev–Trinajstić information content (AvgIpc) is 3.17. The number of piperazine rings is 1. The Morgan fingerprint density at radius 1 is 1.38 bits per heavy atom. The fourth-order valence-electron chi connectivity index (χ4n) is 2.91. The van der Waals surface area contributed by atoms with Gasteiger partial charge in [-0.15, -0.1) is 0 Å². The second-order valence-corrected chi connectivity index (χ2v) is 7.50. The Hall–Kier alpha value is -1.42. The van der Waals surface area contributed by atoms with E-state index >= 15 is 0 Å². The summed E-state index contributed by atoms with van der Waals surface area (Å²) < 4.78 is 0. The molecule has 1 aromatic rings. The lowest BCUT2D eigenvalue weighted by Gasteiger charge is -2.34. The van der Waals surface area contributed by atoms with Gasteiger partial charge in [-0.05, 0) is 24.5 Å². The van der Waals surface area contributed by atoms with Crippen molar-refractivity contribution >= 4 is 5.91 Å². The molecule has 1 aliphatic carbocycles. The number of aromatic nitrogens is 1. The van der Waals surface area contributed by atoms with Gasteiger partial charge >= 0.3 is 0 Å². The van der Waals surface area contributed by atoms with Crippen LogP contribution in [0.25, 0.3) is 0 Å². The summed E-state index contributed by atoms with van der Waals surface area (Å²) in [5, 5.41) is 3.54. The molecule has 2 heterocycles. The summed E-state index contributed by atoms with van der Waals surface area (Å²) in [6, 6.07) is 4.09. The predicted octanol–water partition coefficient (Wildman–Crippen LogP) is 1.89. The van der Waals surface area contributed by atoms with E-state index in [-0.39, 0.29) is 16.9 Å². The molecule has 0 radical (unpaired) electrons. The fourth-order valence-corrected chi connectivity index (χ4v) is 2.91. The van der Waals surface area contributed by atoms with Gasteiger partial charge in [0.05, 0.1) is 6.42 Å². The van der Waals surface area contributed by atoms with Crippen LogP contribution >= 0.6 is 0 Å². The molecule has 1 aliphatic heterocycles. The Morgan fingerprint density at radius 2 is 2.14 bits per heavy atom. The number of nitrogens with zero attached hydrogens (tertiary/aromatic N) is 2. The molecule has 1 saturated carbocycles. The molecule has 1 N–H and O–H groups in total. The molecule has 1 amide bonds. The van der Waals surface area contributed by atoms with Gasteiger partial charge in [0.2, 0.25) is 5.91 Å². The Kier molecular flexibility index (Phi) is 3.52. The van der Waals surface area contributed by atoms with Crippen molar-refractivity contribution in [3.05, 3.63) is 29.6 Å². The number of pyridine rings is 1. The molecule has 2 fully saturated rings. The normalized spacial score (nSPS) is 20.6. The molecule has 2 aliphatic rings. The predicted molar refractivity (Wildman–Crippen MR) is 83.2 cm³/mol. The quantitative estimate of drug-likeness (QED) is 0.903. The molecule has 114 valence electrons. The van der Waals surface area contributed by atoms with Gasteiger partial charge in [0.25, 0.3) is 0 Å². The van der Waals surface area contributed by atoms with Gasteiger partial charge in [-0.3, -0.25) is 9.78 Å². The van der Waals surface area contributed by atoms with Crippen LogP contribution in [0.3, 0.4) is 0 Å². The maximum absolute atomic E-state index is 12.4. The highest BCUT2D eigenvalue weighted by atomic mass is 16.2. The van der Waals surface area contributed by atoms with Crippen LogP contribution in [0.4, 0.5) is 0 Å². The molecule has 1 saturated heterocycles. The first kappa shape index (κ1) is 14.5. The summed E-state index contributed by atoms with van der Waals surface area (Å²) in [5.74, 6) is 0.230. The van der Waals surface area contributed by atoms with Crippen molar-refractivity contribution in [2.75, 3.05) is 19.6 Å². The molecule has 0 unspecified atom stereocenters. The Bertz CT molecular complexity index is 526. The van der Waals surface area contributed by atoms with Gasteiger partial charge in [-0.25, -0.2) is 0 Å². The third-order valence-corrected chi connectivity index (χ3v) is 4.53. The lowest BCUT2D eigenvalue weighted by Crippen LogP contribution is -2.54. The van der Waals surface area contributed by atoms with Crippen LogP contribution in [0.2, 0.25) is 0 Å². The zero-order valence-electron chi connectivity index (χ0n) is 13.3. The van der Waals surface area contributed by atoms with Gasteiger partial charge in [0, 0.05) is 42.5 Å². The highest BCUT2D eigenvalue weighted by molar-refractivity contribution is 5.79. The topological polar surface area (TPSA) is 45.2 Å². The molecule has 3 rings (SSSR count). The Morgan fingerprint density at radius 3 is 2.71 bits per heavy atom. The van der Waals surface area contributed by atoms with Crippen LogP contribution in [-0.4, -0.2) is 41.0 Å². The van der Waals surface area contributed by atoms with E-state index in [4.69, 9.17) is 0 Å². The van der Waals surface area contributed by atoms with Gasteiger partial charge in [-0.1, -0.05) is 26.8 Å². The molecule has 1 aromatic heterocycles. The molecule has 0 bridgehead atoms. The van der Waals surface area contributed by atoms with Crippen LogP contribution in [0, 0.1) is 0 Å². The summed E-state index contributed by atoms with van der Waals surface area (Å²) in [7, 11) is 0. The van der Waals surface area contributed by atoms with E-state index in [1.54, 1.807) is 0 Å². The second kappa shape index (κ2) is 5.09. The SMILES string of the molecule is CC(C)(C)c1ccc(CC(=O)N2CCNC3(CC3)C2)cn1. The Labute approximate surface area is 126 Å². The monoisotopic (exact) mass is 287 g/mol. The lowest BCUT2D eigenvalue weighted by atomic mass is 9.91. The molecular formula is C17H25N3O. The summed E-state index contributed by atoms with van der Waals surface area (Å²) in [5.41, 5.74) is 2.39. The molecule has 4 nitrogen and oxygen atoms in total. The first-order valence-corrected chi connectivity index (χ1v) is 7.86. The maximum atomic E-state index is 12.4. The zero-order valence-corrected chi connectivity index (χ0v) is 13.3. The second-order valence-electron chi connectivity index (χ2n) is 7.50. The van der Waals surface area contributed by atoms with Crippen molar-refractivity contribution in [2.24, 2.45) is 0 Å². The average molecular weight is 287 g/mol. The van der Waals surface area contributed by atoms with Crippen LogP contribution in [0.15, 0.2) is 18.3 Å². The summed E-state index contributed by atoms with van der Waals surface area (Å²) in [6.07, 6.45) is 4.73. The van der Waals surface area contributed by atoms with E-state index in [0.29, 0.717) is 6.42 Å².